The largest absolute Gasteiger partial charge is 0.481 e. The summed E-state index contributed by atoms with van der Waals surface area (Å²) in [7, 11) is -9.85. The third kappa shape index (κ3) is 7.41. The molecule has 16 nitrogen and oxygen atoms in total. The van der Waals surface area contributed by atoms with E-state index in [-0.39, 0.29) is 34.9 Å². The van der Waals surface area contributed by atoms with Gasteiger partial charge in [-0.25, -0.2) is 14.1 Å². The molecule has 2 aliphatic rings. The van der Waals surface area contributed by atoms with Gasteiger partial charge in [0.2, 0.25) is 5.28 Å². The Bertz CT molecular complexity index is 1620. The predicted octanol–water partition coefficient (Wildman–Crippen LogP) is 3.25. The Morgan fingerprint density at radius 3 is 2.59 bits per heavy atom. The number of phosphoric ester groups is 1. The highest BCUT2D eigenvalue weighted by Crippen LogP contribution is 2.61. The zero-order valence-corrected chi connectivity index (χ0v) is 26.7. The second-order valence-corrected chi connectivity index (χ2v) is 15.3. The molecule has 0 bridgehead atoms. The predicted molar refractivity (Wildman–Crippen MR) is 156 cm³/mol. The van der Waals surface area contributed by atoms with Crippen LogP contribution in [0.2, 0.25) is 5.28 Å². The summed E-state index contributed by atoms with van der Waals surface area (Å²) in [4.78, 5) is 35.3. The lowest BCUT2D eigenvalue weighted by atomic mass is 9.99. The van der Waals surface area contributed by atoms with Crippen molar-refractivity contribution < 1.29 is 46.8 Å². The van der Waals surface area contributed by atoms with Crippen LogP contribution in [-0.4, -0.2) is 73.1 Å². The van der Waals surface area contributed by atoms with Crippen molar-refractivity contribution in [3.05, 3.63) is 41.9 Å². The lowest BCUT2D eigenvalue weighted by Gasteiger charge is -2.26. The number of hydrogen-bond acceptors (Lipinski definition) is 13. The highest BCUT2D eigenvalue weighted by Gasteiger charge is 2.65. The van der Waals surface area contributed by atoms with Gasteiger partial charge in [0.15, 0.2) is 11.5 Å². The van der Waals surface area contributed by atoms with Crippen LogP contribution >= 0.6 is 27.2 Å². The fourth-order valence-electron chi connectivity index (χ4n) is 4.71. The van der Waals surface area contributed by atoms with Crippen LogP contribution < -0.4 is 15.3 Å². The molecule has 240 valence electrons. The highest BCUT2D eigenvalue weighted by molar-refractivity contribution is 7.63. The van der Waals surface area contributed by atoms with Crippen molar-refractivity contribution in [3.63, 3.8) is 0 Å². The summed E-state index contributed by atoms with van der Waals surface area (Å²) >= 11 is 5.94. The molecule has 44 heavy (non-hydrogen) atoms. The number of nitrogens with two attached hydrogens (primary N) is 1. The summed E-state index contributed by atoms with van der Waals surface area (Å²) in [5.74, 6) is -1.06. The first-order valence-corrected chi connectivity index (χ1v) is 16.9. The van der Waals surface area contributed by atoms with Crippen LogP contribution in [0.15, 0.2) is 36.7 Å². The average molecular weight is 675 g/mol. The summed E-state index contributed by atoms with van der Waals surface area (Å²) < 4.78 is 54.9. The summed E-state index contributed by atoms with van der Waals surface area (Å²) in [5.41, 5.74) is 6.25. The fraction of sp³-hybridized carbons (Fsp3) is 0.520. The van der Waals surface area contributed by atoms with Crippen molar-refractivity contribution in [2.24, 2.45) is 11.3 Å². The molecule has 0 spiro atoms. The highest BCUT2D eigenvalue weighted by atomic mass is 35.5. The van der Waals surface area contributed by atoms with Gasteiger partial charge >= 0.3 is 21.5 Å². The Balaban J connectivity index is 1.22. The summed E-state index contributed by atoms with van der Waals surface area (Å²) in [6, 6.07) is 6.10. The number of nitrogens with one attached hydrogen (secondary N) is 1. The number of esters is 1. The standard InChI is InChI=1S/C25H33ClN6O10P2/c1-13(23(34)38-11-25(2,3)4)31-43(35,41-14-8-6-5-7-9-14)42-44(36,37)39-10-15-19(33)16-18(20(16)40-15)32-12-28-17-21(27)29-24(26)30-22(17)32/h5-9,12-13,15-16,18-20,33H,10-11H2,1-4H3,(H,31,35)(H,36,37)(H2,27,29,30)/t13-,15?,16?,18?,19?,20?,43?/m1/s1. The maximum atomic E-state index is 13.7. The Hall–Kier alpha value is -2.65. The molecule has 1 aliphatic carbocycles. The van der Waals surface area contributed by atoms with Crippen molar-refractivity contribution in [2.45, 2.75) is 58.1 Å². The third-order valence-corrected chi connectivity index (χ3v) is 10.2. The minimum absolute atomic E-state index is 0.0274. The number of benzene rings is 1. The number of carbonyl (C=O) groups is 1. The molecular formula is C25H33ClN6O10P2. The Kier molecular flexibility index (Phi) is 9.13. The minimum atomic E-state index is -5.12. The van der Waals surface area contributed by atoms with Gasteiger partial charge in [0.25, 0.3) is 0 Å². The first-order chi connectivity index (χ1) is 20.6. The number of nitrogen functional groups attached to an aromatic ring is 1. The number of para-hydroxylation sites is 1. The van der Waals surface area contributed by atoms with Crippen LogP contribution in [0.4, 0.5) is 5.82 Å². The number of fused-ring (bicyclic) bond motifs is 2. The first kappa shape index (κ1) is 32.7. The van der Waals surface area contributed by atoms with E-state index in [1.807, 2.05) is 20.8 Å². The SMILES string of the molecule is C[C@@H](NP(=O)(Oc1ccccc1)OP(=O)(O)OCC1OC2C(C1O)C2n1cnc2c(N)nc(Cl)nc21)C(=O)OCC(C)(C)C. The smallest absolute Gasteiger partial charge is 0.464 e. The quantitative estimate of drug-likeness (QED) is 0.123. The number of halogens is 1. The van der Waals surface area contributed by atoms with Gasteiger partial charge < -0.3 is 34.3 Å². The Morgan fingerprint density at radius 2 is 1.95 bits per heavy atom. The van der Waals surface area contributed by atoms with Crippen LogP contribution in [0.5, 0.6) is 5.75 Å². The number of anilines is 1. The summed E-state index contributed by atoms with van der Waals surface area (Å²) in [6.07, 6.45) is -1.12. The Morgan fingerprint density at radius 1 is 1.25 bits per heavy atom. The van der Waals surface area contributed by atoms with Crippen molar-refractivity contribution >= 4 is 50.1 Å². The molecule has 3 aromatic rings. The van der Waals surface area contributed by atoms with Gasteiger partial charge in [0.1, 0.15) is 23.4 Å². The molecule has 1 saturated carbocycles. The van der Waals surface area contributed by atoms with E-state index in [4.69, 9.17) is 40.2 Å². The van der Waals surface area contributed by atoms with Gasteiger partial charge in [-0.3, -0.25) is 9.32 Å². The van der Waals surface area contributed by atoms with Crippen molar-refractivity contribution in [2.75, 3.05) is 18.9 Å². The minimum Gasteiger partial charge on any atom is -0.464 e. The number of carbonyl (C=O) groups excluding carboxylic acids is 1. The molecule has 3 heterocycles. The van der Waals surface area contributed by atoms with E-state index < -0.39 is 58.4 Å². The number of phosphoric acid groups is 1. The molecule has 8 atom stereocenters. The van der Waals surface area contributed by atoms with E-state index in [2.05, 4.69) is 20.0 Å². The van der Waals surface area contributed by atoms with Gasteiger partial charge in [-0.2, -0.15) is 19.4 Å². The van der Waals surface area contributed by atoms with Crippen molar-refractivity contribution in [1.29, 1.82) is 0 Å². The number of nitrogens with zero attached hydrogens (tertiary/aromatic N) is 4. The lowest BCUT2D eigenvalue weighted by Crippen LogP contribution is -2.36. The van der Waals surface area contributed by atoms with E-state index >= 15 is 0 Å². The van der Waals surface area contributed by atoms with Gasteiger partial charge in [0.05, 0.1) is 37.8 Å². The zero-order valence-electron chi connectivity index (χ0n) is 24.1. The number of rotatable bonds is 12. The van der Waals surface area contributed by atoms with E-state index in [9.17, 15) is 23.9 Å². The fourth-order valence-corrected chi connectivity index (χ4v) is 7.85. The van der Waals surface area contributed by atoms with Gasteiger partial charge in [0, 0.05) is 5.92 Å². The molecule has 2 aromatic heterocycles. The van der Waals surface area contributed by atoms with Crippen LogP contribution in [0.1, 0.15) is 33.7 Å². The summed E-state index contributed by atoms with van der Waals surface area (Å²) in [6.45, 7) is 6.40. The monoisotopic (exact) mass is 674 g/mol. The molecule has 0 radical (unpaired) electrons. The molecule has 5 N–H and O–H groups in total. The van der Waals surface area contributed by atoms with E-state index in [0.29, 0.717) is 11.2 Å². The molecule has 19 heteroatoms. The first-order valence-electron chi connectivity index (χ1n) is 13.5. The Labute approximate surface area is 257 Å². The second-order valence-electron chi connectivity index (χ2n) is 11.7. The van der Waals surface area contributed by atoms with Crippen molar-refractivity contribution in [1.82, 2.24) is 24.6 Å². The molecule has 2 fully saturated rings. The maximum Gasteiger partial charge on any atom is 0.481 e. The molecule has 1 saturated heterocycles. The van der Waals surface area contributed by atoms with Crippen LogP contribution in [0.25, 0.3) is 11.2 Å². The molecule has 5 rings (SSSR count). The van der Waals surface area contributed by atoms with E-state index in [0.717, 1.165) is 0 Å². The third-order valence-electron chi connectivity index (χ3n) is 6.75. The maximum absolute atomic E-state index is 13.7. The molecule has 1 aliphatic heterocycles. The number of ether oxygens (including phenoxy) is 2. The van der Waals surface area contributed by atoms with Crippen molar-refractivity contribution in [3.8, 4) is 5.75 Å². The number of aromatic nitrogens is 4. The molecular weight excluding hydrogens is 642 g/mol. The van der Waals surface area contributed by atoms with Gasteiger partial charge in [-0.15, -0.1) is 0 Å². The lowest BCUT2D eigenvalue weighted by molar-refractivity contribution is -0.148. The van der Waals surface area contributed by atoms with Gasteiger partial charge in [-0.1, -0.05) is 39.0 Å². The van der Waals surface area contributed by atoms with Crippen LogP contribution in [0, 0.1) is 11.3 Å². The zero-order chi connectivity index (χ0) is 32.0. The average Bonchev–Trinajstić information content (AvgIpc) is 3.28. The molecule has 1 aromatic carbocycles. The number of aliphatic hydroxyl groups excluding tert-OH is 1. The van der Waals surface area contributed by atoms with E-state index in [1.54, 1.807) is 22.8 Å². The molecule has 7 unspecified atom stereocenters. The number of imidazole rings is 1. The number of aliphatic hydroxyl groups is 1. The van der Waals surface area contributed by atoms with Gasteiger partial charge in [-0.05, 0) is 36.1 Å². The normalized spacial score (nSPS) is 26.4. The second kappa shape index (κ2) is 12.3. The summed E-state index contributed by atoms with van der Waals surface area (Å²) in [5, 5.41) is 13.2. The van der Waals surface area contributed by atoms with Crippen LogP contribution in [-0.2, 0) is 32.2 Å². The number of hydrogen-bond donors (Lipinski definition) is 4. The van der Waals surface area contributed by atoms with E-state index in [1.165, 1.54) is 25.4 Å². The molecule has 0 amide bonds. The van der Waals surface area contributed by atoms with Crippen LogP contribution in [0.3, 0.4) is 0 Å². The topological polar surface area (TPSA) is 219 Å².